The highest BCUT2D eigenvalue weighted by atomic mass is 35.5. The largest absolute Gasteiger partial charge is 0.379 e. The van der Waals surface area contributed by atoms with Crippen molar-refractivity contribution in [2.75, 3.05) is 33.0 Å². The number of benzene rings is 2. The third kappa shape index (κ3) is 8.82. The van der Waals surface area contributed by atoms with Crippen LogP contribution < -0.4 is 5.32 Å². The number of nitrogens with one attached hydrogen (secondary N) is 1. The number of ether oxygens (including phenoxy) is 2. The fourth-order valence-corrected chi connectivity index (χ4v) is 5.26. The molecule has 0 saturated carbocycles. The molecule has 0 aliphatic heterocycles. The molecular weight excluding hydrogens is 569 g/mol. The van der Waals surface area contributed by atoms with E-state index in [2.05, 4.69) is 30.8 Å². The number of aromatic nitrogens is 2. The molecule has 0 aliphatic carbocycles. The summed E-state index contributed by atoms with van der Waals surface area (Å²) in [4.78, 5) is 13.1. The first kappa shape index (κ1) is 32.2. The summed E-state index contributed by atoms with van der Waals surface area (Å²) in [5.74, 6) is 0.957. The normalized spacial score (nSPS) is 12.8. The van der Waals surface area contributed by atoms with Crippen molar-refractivity contribution < 1.29 is 14.3 Å². The number of hydrogen-bond acceptors (Lipinski definition) is 4. The SMILES string of the molecule is C=CCC(CC)C(C)CCOCCOCCNC(=O)c1nn(-c2ccc(Cl)cc2Cl)c(-c2ccc(Cl)cc2)c1C. The van der Waals surface area contributed by atoms with Gasteiger partial charge in [0.25, 0.3) is 5.91 Å². The molecular formula is C31H38Cl3N3O3. The molecule has 1 aromatic heterocycles. The third-order valence-electron chi connectivity index (χ3n) is 7.01. The molecule has 2 aromatic carbocycles. The second-order valence-electron chi connectivity index (χ2n) is 9.78. The second-order valence-corrected chi connectivity index (χ2v) is 11.1. The van der Waals surface area contributed by atoms with E-state index in [4.69, 9.17) is 44.3 Å². The molecule has 6 nitrogen and oxygen atoms in total. The fourth-order valence-electron chi connectivity index (χ4n) is 4.65. The van der Waals surface area contributed by atoms with Crippen molar-refractivity contribution >= 4 is 40.7 Å². The smallest absolute Gasteiger partial charge is 0.272 e. The Balaban J connectivity index is 1.55. The Morgan fingerprint density at radius 1 is 1.05 bits per heavy atom. The van der Waals surface area contributed by atoms with Crippen LogP contribution in [0.4, 0.5) is 0 Å². The van der Waals surface area contributed by atoms with Crippen molar-refractivity contribution in [2.24, 2.45) is 11.8 Å². The van der Waals surface area contributed by atoms with Gasteiger partial charge in [0.2, 0.25) is 0 Å². The molecule has 216 valence electrons. The fraction of sp³-hybridized carbons (Fsp3) is 0.419. The maximum Gasteiger partial charge on any atom is 0.272 e. The molecule has 9 heteroatoms. The number of amides is 1. The van der Waals surface area contributed by atoms with Gasteiger partial charge in [0.1, 0.15) is 0 Å². The quantitative estimate of drug-likeness (QED) is 0.132. The molecule has 40 heavy (non-hydrogen) atoms. The first-order valence-corrected chi connectivity index (χ1v) is 14.8. The summed E-state index contributed by atoms with van der Waals surface area (Å²) in [7, 11) is 0. The number of carbonyl (C=O) groups is 1. The van der Waals surface area contributed by atoms with Crippen LogP contribution in [0, 0.1) is 18.8 Å². The summed E-state index contributed by atoms with van der Waals surface area (Å²) < 4.78 is 13.1. The Bertz CT molecular complexity index is 1260. The van der Waals surface area contributed by atoms with Gasteiger partial charge in [0.15, 0.2) is 5.69 Å². The van der Waals surface area contributed by atoms with Crippen LogP contribution in [0.5, 0.6) is 0 Å². The van der Waals surface area contributed by atoms with E-state index in [0.29, 0.717) is 76.8 Å². The minimum absolute atomic E-state index is 0.296. The van der Waals surface area contributed by atoms with Crippen molar-refractivity contribution in [1.82, 2.24) is 15.1 Å². The maximum absolute atomic E-state index is 13.1. The number of allylic oxidation sites excluding steroid dienone is 1. The van der Waals surface area contributed by atoms with Gasteiger partial charge in [-0.1, -0.05) is 73.3 Å². The maximum atomic E-state index is 13.1. The lowest BCUT2D eigenvalue weighted by atomic mass is 9.87. The summed E-state index contributed by atoms with van der Waals surface area (Å²) in [6, 6.07) is 12.5. The van der Waals surface area contributed by atoms with E-state index in [-0.39, 0.29) is 5.91 Å². The molecule has 0 saturated heterocycles. The molecule has 2 unspecified atom stereocenters. The van der Waals surface area contributed by atoms with Crippen molar-refractivity contribution in [3.05, 3.63) is 81.4 Å². The molecule has 0 aliphatic rings. The van der Waals surface area contributed by atoms with Crippen LogP contribution >= 0.6 is 34.8 Å². The summed E-state index contributed by atoms with van der Waals surface area (Å²) in [5.41, 5.74) is 3.22. The standard InChI is InChI=1S/C31H38Cl3N3O3/c1-5-7-23(6-2)21(3)14-16-39-18-19-40-17-15-35-31(38)29-22(4)30(24-8-10-25(32)11-9-24)37(36-29)28-13-12-26(33)20-27(28)34/h5,8-13,20-21,23H,1,6-7,14-19H2,2-4H3,(H,35,38). The highest BCUT2D eigenvalue weighted by Gasteiger charge is 2.23. The van der Waals surface area contributed by atoms with Gasteiger partial charge in [-0.25, -0.2) is 4.68 Å². The molecule has 0 spiro atoms. The number of nitrogens with zero attached hydrogens (tertiary/aromatic N) is 2. The summed E-state index contributed by atoms with van der Waals surface area (Å²) in [6.45, 7) is 12.6. The molecule has 0 radical (unpaired) electrons. The van der Waals surface area contributed by atoms with Gasteiger partial charge in [-0.2, -0.15) is 5.10 Å². The molecule has 0 fully saturated rings. The molecule has 2 atom stereocenters. The zero-order valence-corrected chi connectivity index (χ0v) is 25.7. The van der Waals surface area contributed by atoms with Crippen LogP contribution in [0.3, 0.4) is 0 Å². The molecule has 3 rings (SSSR count). The lowest BCUT2D eigenvalue weighted by Crippen LogP contribution is -2.28. The predicted octanol–water partition coefficient (Wildman–Crippen LogP) is 8.20. The van der Waals surface area contributed by atoms with Gasteiger partial charge >= 0.3 is 0 Å². The predicted molar refractivity (Wildman–Crippen MR) is 165 cm³/mol. The van der Waals surface area contributed by atoms with Crippen LogP contribution in [0.15, 0.2) is 55.1 Å². The van der Waals surface area contributed by atoms with E-state index in [9.17, 15) is 4.79 Å². The number of hydrogen-bond donors (Lipinski definition) is 1. The lowest BCUT2D eigenvalue weighted by Gasteiger charge is -2.21. The van der Waals surface area contributed by atoms with E-state index in [0.717, 1.165) is 30.5 Å². The Kier molecular flexibility index (Phi) is 13.0. The molecule has 1 N–H and O–H groups in total. The van der Waals surface area contributed by atoms with Crippen LogP contribution in [0.25, 0.3) is 16.9 Å². The van der Waals surface area contributed by atoms with Gasteiger partial charge in [0.05, 0.1) is 36.2 Å². The van der Waals surface area contributed by atoms with Gasteiger partial charge in [-0.15, -0.1) is 6.58 Å². The van der Waals surface area contributed by atoms with Crippen molar-refractivity contribution in [3.63, 3.8) is 0 Å². The zero-order valence-electron chi connectivity index (χ0n) is 23.4. The monoisotopic (exact) mass is 605 g/mol. The molecule has 0 bridgehead atoms. The average molecular weight is 607 g/mol. The van der Waals surface area contributed by atoms with E-state index in [1.54, 1.807) is 35.0 Å². The van der Waals surface area contributed by atoms with E-state index >= 15 is 0 Å². The molecule has 1 heterocycles. The van der Waals surface area contributed by atoms with Crippen molar-refractivity contribution in [2.45, 2.75) is 40.0 Å². The average Bonchev–Trinajstić information content (AvgIpc) is 3.27. The Morgan fingerprint density at radius 3 is 2.38 bits per heavy atom. The first-order chi connectivity index (χ1) is 19.3. The Hall–Kier alpha value is -2.35. The lowest BCUT2D eigenvalue weighted by molar-refractivity contribution is 0.0414. The number of rotatable bonds is 16. The summed E-state index contributed by atoms with van der Waals surface area (Å²) in [5, 5.41) is 9.09. The van der Waals surface area contributed by atoms with Gasteiger partial charge in [-0.3, -0.25) is 4.79 Å². The van der Waals surface area contributed by atoms with Crippen molar-refractivity contribution in [3.8, 4) is 16.9 Å². The minimum atomic E-state index is -0.296. The van der Waals surface area contributed by atoms with Crippen LogP contribution in [-0.2, 0) is 9.47 Å². The topological polar surface area (TPSA) is 65.4 Å². The Morgan fingerprint density at radius 2 is 1.73 bits per heavy atom. The molecule has 1 amide bonds. The summed E-state index contributed by atoms with van der Waals surface area (Å²) >= 11 is 18.7. The van der Waals surface area contributed by atoms with Gasteiger partial charge in [-0.05, 0) is 61.9 Å². The van der Waals surface area contributed by atoms with Gasteiger partial charge in [0, 0.05) is 34.3 Å². The zero-order chi connectivity index (χ0) is 29.1. The minimum Gasteiger partial charge on any atom is -0.379 e. The van der Waals surface area contributed by atoms with E-state index < -0.39 is 0 Å². The van der Waals surface area contributed by atoms with E-state index in [1.165, 1.54) is 0 Å². The highest BCUT2D eigenvalue weighted by molar-refractivity contribution is 6.35. The Labute approximate surface area is 252 Å². The molecule has 3 aromatic rings. The number of halogens is 3. The number of carbonyl (C=O) groups excluding carboxylic acids is 1. The second kappa shape index (κ2) is 16.2. The first-order valence-electron chi connectivity index (χ1n) is 13.6. The van der Waals surface area contributed by atoms with Crippen LogP contribution in [-0.4, -0.2) is 48.7 Å². The highest BCUT2D eigenvalue weighted by Crippen LogP contribution is 2.33. The third-order valence-corrected chi connectivity index (χ3v) is 7.80. The van der Waals surface area contributed by atoms with Crippen LogP contribution in [0.1, 0.15) is 49.2 Å². The van der Waals surface area contributed by atoms with Crippen molar-refractivity contribution in [1.29, 1.82) is 0 Å². The van der Waals surface area contributed by atoms with Gasteiger partial charge < -0.3 is 14.8 Å². The summed E-state index contributed by atoms with van der Waals surface area (Å²) in [6.07, 6.45) is 5.22. The van der Waals surface area contributed by atoms with Crippen LogP contribution in [0.2, 0.25) is 15.1 Å². The van der Waals surface area contributed by atoms with E-state index in [1.807, 2.05) is 25.1 Å².